The standard InChI is InChI=1S/C15H18O3/c1-15(2,3)14(16)7-10-9-18-13-8-11(17-4)5-6-12(10)13/h5-6,8-9H,7H2,1-4H3. The van der Waals surface area contributed by atoms with E-state index in [9.17, 15) is 4.79 Å². The van der Waals surface area contributed by atoms with Gasteiger partial charge in [-0.2, -0.15) is 0 Å². The highest BCUT2D eigenvalue weighted by Crippen LogP contribution is 2.27. The van der Waals surface area contributed by atoms with E-state index in [-0.39, 0.29) is 11.2 Å². The molecule has 96 valence electrons. The average molecular weight is 246 g/mol. The zero-order valence-electron chi connectivity index (χ0n) is 11.2. The highest BCUT2D eigenvalue weighted by Gasteiger charge is 2.22. The smallest absolute Gasteiger partial charge is 0.142 e. The molecular weight excluding hydrogens is 228 g/mol. The average Bonchev–Trinajstić information content (AvgIpc) is 2.70. The summed E-state index contributed by atoms with van der Waals surface area (Å²) in [6.45, 7) is 5.79. The number of furan rings is 1. The normalized spacial score (nSPS) is 11.8. The molecule has 0 N–H and O–H groups in total. The van der Waals surface area contributed by atoms with E-state index in [1.165, 1.54) is 0 Å². The van der Waals surface area contributed by atoms with Crippen LogP contribution in [0.4, 0.5) is 0 Å². The molecule has 3 heteroatoms. The fraction of sp³-hybridized carbons (Fsp3) is 0.400. The van der Waals surface area contributed by atoms with Crippen molar-refractivity contribution < 1.29 is 13.9 Å². The molecule has 0 unspecified atom stereocenters. The minimum Gasteiger partial charge on any atom is -0.497 e. The fourth-order valence-corrected chi connectivity index (χ4v) is 1.77. The Labute approximate surface area is 107 Å². The molecule has 0 bridgehead atoms. The van der Waals surface area contributed by atoms with Gasteiger partial charge in [-0.05, 0) is 12.1 Å². The third-order valence-electron chi connectivity index (χ3n) is 3.05. The van der Waals surface area contributed by atoms with Gasteiger partial charge in [-0.15, -0.1) is 0 Å². The van der Waals surface area contributed by atoms with Crippen LogP contribution in [-0.2, 0) is 11.2 Å². The van der Waals surface area contributed by atoms with Crippen LogP contribution in [0.5, 0.6) is 5.75 Å². The molecule has 0 spiro atoms. The van der Waals surface area contributed by atoms with Crippen molar-refractivity contribution >= 4 is 16.8 Å². The molecular formula is C15H18O3. The number of methoxy groups -OCH3 is 1. The van der Waals surface area contributed by atoms with Crippen molar-refractivity contribution in [3.63, 3.8) is 0 Å². The third-order valence-corrected chi connectivity index (χ3v) is 3.05. The Morgan fingerprint density at radius 1 is 1.33 bits per heavy atom. The van der Waals surface area contributed by atoms with E-state index < -0.39 is 0 Å². The van der Waals surface area contributed by atoms with Crippen LogP contribution in [0.15, 0.2) is 28.9 Å². The van der Waals surface area contributed by atoms with E-state index >= 15 is 0 Å². The molecule has 18 heavy (non-hydrogen) atoms. The topological polar surface area (TPSA) is 39.4 Å². The Bertz CT molecular complexity index is 573. The predicted molar refractivity (Wildman–Crippen MR) is 70.9 cm³/mol. The van der Waals surface area contributed by atoms with E-state index in [1.807, 2.05) is 39.0 Å². The number of Topliss-reactive ketones (excluding diaryl/α,β-unsaturated/α-hetero) is 1. The predicted octanol–water partition coefficient (Wildman–Crippen LogP) is 3.60. The molecule has 1 heterocycles. The maximum atomic E-state index is 12.0. The number of ether oxygens (including phenoxy) is 1. The maximum Gasteiger partial charge on any atom is 0.142 e. The molecule has 0 amide bonds. The Hall–Kier alpha value is -1.77. The zero-order valence-corrected chi connectivity index (χ0v) is 11.2. The summed E-state index contributed by atoms with van der Waals surface area (Å²) in [6, 6.07) is 5.65. The molecule has 3 nitrogen and oxygen atoms in total. The first-order valence-corrected chi connectivity index (χ1v) is 5.99. The molecule has 0 aliphatic heterocycles. The first-order valence-electron chi connectivity index (χ1n) is 5.99. The first-order chi connectivity index (χ1) is 8.41. The van der Waals surface area contributed by atoms with E-state index in [1.54, 1.807) is 13.4 Å². The van der Waals surface area contributed by atoms with Crippen molar-refractivity contribution in [3.05, 3.63) is 30.0 Å². The summed E-state index contributed by atoms with van der Waals surface area (Å²) in [5.41, 5.74) is 1.37. The molecule has 0 aliphatic carbocycles. The SMILES string of the molecule is COc1ccc2c(CC(=O)C(C)(C)C)coc2c1. The van der Waals surface area contributed by atoms with Gasteiger partial charge >= 0.3 is 0 Å². The summed E-state index contributed by atoms with van der Waals surface area (Å²) in [4.78, 5) is 12.0. The third kappa shape index (κ3) is 2.40. The van der Waals surface area contributed by atoms with Crippen molar-refractivity contribution in [2.75, 3.05) is 7.11 Å². The van der Waals surface area contributed by atoms with Crippen LogP contribution < -0.4 is 4.74 Å². The summed E-state index contributed by atoms with van der Waals surface area (Å²) in [5.74, 6) is 0.964. The van der Waals surface area contributed by atoms with Gasteiger partial charge in [0, 0.05) is 28.9 Å². The van der Waals surface area contributed by atoms with Gasteiger partial charge in [-0.25, -0.2) is 0 Å². The van der Waals surface area contributed by atoms with Gasteiger partial charge in [0.2, 0.25) is 0 Å². The van der Waals surface area contributed by atoms with E-state index in [0.717, 1.165) is 22.3 Å². The van der Waals surface area contributed by atoms with Crippen molar-refractivity contribution in [1.29, 1.82) is 0 Å². The fourth-order valence-electron chi connectivity index (χ4n) is 1.77. The first kappa shape index (κ1) is 12.7. The maximum absolute atomic E-state index is 12.0. The lowest BCUT2D eigenvalue weighted by atomic mass is 9.87. The highest BCUT2D eigenvalue weighted by molar-refractivity contribution is 5.91. The van der Waals surface area contributed by atoms with Crippen LogP contribution in [0.25, 0.3) is 11.0 Å². The van der Waals surface area contributed by atoms with Crippen molar-refractivity contribution in [2.24, 2.45) is 5.41 Å². The number of hydrogen-bond donors (Lipinski definition) is 0. The van der Waals surface area contributed by atoms with Crippen LogP contribution in [-0.4, -0.2) is 12.9 Å². The second-order valence-electron chi connectivity index (χ2n) is 5.47. The van der Waals surface area contributed by atoms with Crippen LogP contribution in [0, 0.1) is 5.41 Å². The lowest BCUT2D eigenvalue weighted by Gasteiger charge is -2.15. The lowest BCUT2D eigenvalue weighted by molar-refractivity contribution is -0.125. The summed E-state index contributed by atoms with van der Waals surface area (Å²) in [7, 11) is 1.62. The van der Waals surface area contributed by atoms with Gasteiger partial charge in [0.15, 0.2) is 0 Å². The molecule has 0 aliphatic rings. The largest absolute Gasteiger partial charge is 0.497 e. The minimum absolute atomic E-state index is 0.209. The quantitative estimate of drug-likeness (QED) is 0.830. The van der Waals surface area contributed by atoms with Crippen molar-refractivity contribution in [1.82, 2.24) is 0 Å². The Morgan fingerprint density at radius 2 is 2.06 bits per heavy atom. The van der Waals surface area contributed by atoms with Crippen molar-refractivity contribution in [2.45, 2.75) is 27.2 Å². The number of carbonyl (C=O) groups is 1. The van der Waals surface area contributed by atoms with E-state index in [0.29, 0.717) is 6.42 Å². The van der Waals surface area contributed by atoms with Gasteiger partial charge in [0.05, 0.1) is 13.4 Å². The number of hydrogen-bond acceptors (Lipinski definition) is 3. The number of carbonyl (C=O) groups excluding carboxylic acids is 1. The van der Waals surface area contributed by atoms with Crippen molar-refractivity contribution in [3.8, 4) is 5.75 Å². The van der Waals surface area contributed by atoms with Gasteiger partial charge < -0.3 is 9.15 Å². The van der Waals surface area contributed by atoms with Crippen LogP contribution in [0.2, 0.25) is 0 Å². The van der Waals surface area contributed by atoms with Crippen LogP contribution in [0.3, 0.4) is 0 Å². The molecule has 0 saturated carbocycles. The van der Waals surface area contributed by atoms with Crippen LogP contribution >= 0.6 is 0 Å². The zero-order chi connectivity index (χ0) is 13.3. The molecule has 0 saturated heterocycles. The Morgan fingerprint density at radius 3 is 2.67 bits per heavy atom. The van der Waals surface area contributed by atoms with E-state index in [2.05, 4.69) is 0 Å². The monoisotopic (exact) mass is 246 g/mol. The molecule has 0 fully saturated rings. The number of rotatable bonds is 3. The lowest BCUT2D eigenvalue weighted by Crippen LogP contribution is -2.21. The summed E-state index contributed by atoms with van der Waals surface area (Å²) >= 11 is 0. The van der Waals surface area contributed by atoms with E-state index in [4.69, 9.17) is 9.15 Å². The number of ketones is 1. The summed E-state index contributed by atoms with van der Waals surface area (Å²) in [5, 5.41) is 0.980. The second kappa shape index (κ2) is 4.48. The van der Waals surface area contributed by atoms with Crippen LogP contribution in [0.1, 0.15) is 26.3 Å². The Kier molecular flexibility index (Phi) is 3.16. The summed E-state index contributed by atoms with van der Waals surface area (Å²) < 4.78 is 10.6. The highest BCUT2D eigenvalue weighted by atomic mass is 16.5. The van der Waals surface area contributed by atoms with Gasteiger partial charge in [0.1, 0.15) is 17.1 Å². The van der Waals surface area contributed by atoms with Gasteiger partial charge in [-0.3, -0.25) is 4.79 Å². The molecule has 1 aromatic carbocycles. The molecule has 0 radical (unpaired) electrons. The number of benzene rings is 1. The molecule has 0 atom stereocenters. The minimum atomic E-state index is -0.323. The second-order valence-corrected chi connectivity index (χ2v) is 5.47. The summed E-state index contributed by atoms with van der Waals surface area (Å²) in [6.07, 6.45) is 2.07. The number of fused-ring (bicyclic) bond motifs is 1. The molecule has 2 aromatic rings. The molecule has 1 aromatic heterocycles. The van der Waals surface area contributed by atoms with Gasteiger partial charge in [-0.1, -0.05) is 20.8 Å². The Balaban J connectivity index is 2.33. The molecule has 2 rings (SSSR count). The van der Waals surface area contributed by atoms with Gasteiger partial charge in [0.25, 0.3) is 0 Å².